The zero-order valence-electron chi connectivity index (χ0n) is 15.4. The molecule has 22 heavy (non-hydrogen) atoms. The molecule has 5 heteroatoms. The molecule has 0 aromatic carbocycles. The van der Waals surface area contributed by atoms with E-state index < -0.39 is 13.4 Å². The average Bonchev–Trinajstić information content (AvgIpc) is 2.65. The summed E-state index contributed by atoms with van der Waals surface area (Å²) in [6.07, 6.45) is 5.61. The lowest BCUT2D eigenvalue weighted by Crippen LogP contribution is -2.41. The molecule has 0 aromatic rings. The molecule has 126 valence electrons. The number of rotatable bonds is 7. The Kier molecular flexibility index (Phi) is 6.87. The Morgan fingerprint density at radius 1 is 0.955 bits per heavy atom. The summed E-state index contributed by atoms with van der Waals surface area (Å²) < 4.78 is 23.3. The third-order valence-electron chi connectivity index (χ3n) is 4.37. The first kappa shape index (κ1) is 19.4. The summed E-state index contributed by atoms with van der Waals surface area (Å²) in [4.78, 5) is 0. The highest BCUT2D eigenvalue weighted by Gasteiger charge is 2.53. The average molecular weight is 310 g/mol. The van der Waals surface area contributed by atoms with Gasteiger partial charge in [-0.2, -0.15) is 0 Å². The highest BCUT2D eigenvalue weighted by Crippen LogP contribution is 2.40. The SMILES string of the molecule is CC/C=C(B1OC(C)(C)C(C)(C)O1)\C(=C/CC)C(OC)OC. The Morgan fingerprint density at radius 3 is 1.77 bits per heavy atom. The van der Waals surface area contributed by atoms with Gasteiger partial charge in [-0.25, -0.2) is 0 Å². The van der Waals surface area contributed by atoms with Gasteiger partial charge in [0.25, 0.3) is 0 Å². The molecule has 1 aliphatic rings. The van der Waals surface area contributed by atoms with Crippen LogP contribution in [-0.4, -0.2) is 38.8 Å². The predicted molar refractivity (Wildman–Crippen MR) is 90.6 cm³/mol. The second kappa shape index (κ2) is 7.78. The van der Waals surface area contributed by atoms with Crippen molar-refractivity contribution >= 4 is 7.12 Å². The second-order valence-electron chi connectivity index (χ2n) is 6.53. The summed E-state index contributed by atoms with van der Waals surface area (Å²) in [6, 6.07) is 0. The van der Waals surface area contributed by atoms with E-state index in [4.69, 9.17) is 18.8 Å². The zero-order chi connectivity index (χ0) is 17.0. The van der Waals surface area contributed by atoms with Crippen LogP contribution in [0.15, 0.2) is 23.2 Å². The molecule has 4 nitrogen and oxygen atoms in total. The van der Waals surface area contributed by atoms with Gasteiger partial charge in [0, 0.05) is 19.8 Å². The Hall–Kier alpha value is -0.615. The molecule has 1 saturated heterocycles. The highest BCUT2D eigenvalue weighted by molar-refractivity contribution is 6.56. The van der Waals surface area contributed by atoms with Crippen molar-refractivity contribution in [1.29, 1.82) is 0 Å². The Morgan fingerprint density at radius 2 is 1.41 bits per heavy atom. The van der Waals surface area contributed by atoms with E-state index in [2.05, 4.69) is 53.7 Å². The fourth-order valence-corrected chi connectivity index (χ4v) is 2.46. The number of hydrogen-bond acceptors (Lipinski definition) is 4. The van der Waals surface area contributed by atoms with Crippen molar-refractivity contribution in [2.24, 2.45) is 0 Å². The first-order valence-electron chi connectivity index (χ1n) is 8.05. The molecule has 0 unspecified atom stereocenters. The van der Waals surface area contributed by atoms with E-state index >= 15 is 0 Å². The number of ether oxygens (including phenoxy) is 2. The lowest BCUT2D eigenvalue weighted by molar-refractivity contribution is -0.0732. The van der Waals surface area contributed by atoms with Gasteiger partial charge in [0.2, 0.25) is 0 Å². The summed E-state index contributed by atoms with van der Waals surface area (Å²) in [5, 5.41) is 0. The van der Waals surface area contributed by atoms with Crippen molar-refractivity contribution in [3.05, 3.63) is 23.2 Å². The van der Waals surface area contributed by atoms with Gasteiger partial charge in [-0.15, -0.1) is 0 Å². The van der Waals surface area contributed by atoms with Crippen LogP contribution in [0.3, 0.4) is 0 Å². The van der Waals surface area contributed by atoms with Gasteiger partial charge in [0.15, 0.2) is 6.29 Å². The van der Waals surface area contributed by atoms with Crippen molar-refractivity contribution in [3.63, 3.8) is 0 Å². The van der Waals surface area contributed by atoms with Gasteiger partial charge in [0.1, 0.15) is 0 Å². The first-order chi connectivity index (χ1) is 10.2. The molecule has 1 rings (SSSR count). The molecule has 1 aliphatic heterocycles. The topological polar surface area (TPSA) is 36.9 Å². The van der Waals surface area contributed by atoms with Gasteiger partial charge in [0.05, 0.1) is 11.2 Å². The van der Waals surface area contributed by atoms with E-state index in [1.807, 2.05) is 0 Å². The van der Waals surface area contributed by atoms with Gasteiger partial charge < -0.3 is 18.8 Å². The maximum absolute atomic E-state index is 6.20. The van der Waals surface area contributed by atoms with E-state index in [1.165, 1.54) is 0 Å². The second-order valence-corrected chi connectivity index (χ2v) is 6.53. The predicted octanol–water partition coefficient (Wildman–Crippen LogP) is 3.91. The smallest absolute Gasteiger partial charge is 0.399 e. The van der Waals surface area contributed by atoms with Crippen LogP contribution in [0.25, 0.3) is 0 Å². The molecule has 1 fully saturated rings. The van der Waals surface area contributed by atoms with Crippen LogP contribution in [-0.2, 0) is 18.8 Å². The van der Waals surface area contributed by atoms with Crippen LogP contribution >= 0.6 is 0 Å². The van der Waals surface area contributed by atoms with Gasteiger partial charge in [-0.05, 0) is 46.0 Å². The van der Waals surface area contributed by atoms with E-state index in [9.17, 15) is 0 Å². The molecule has 0 aromatic heterocycles. The van der Waals surface area contributed by atoms with E-state index in [0.717, 1.165) is 23.9 Å². The summed E-state index contributed by atoms with van der Waals surface area (Å²) in [5.74, 6) is 0. The minimum absolute atomic E-state index is 0.364. The molecule has 0 spiro atoms. The molecule has 0 bridgehead atoms. The zero-order valence-corrected chi connectivity index (χ0v) is 15.4. The standard InChI is InChI=1S/C17H31BO4/c1-9-11-13(15(19-7)20-8)14(12-10-2)18-21-16(3,4)17(5,6)22-18/h11-12,15H,9-10H2,1-8H3/b13-11+,14-12+. The van der Waals surface area contributed by atoms with Crippen LogP contribution in [0.5, 0.6) is 0 Å². The fraction of sp³-hybridized carbons (Fsp3) is 0.765. The maximum Gasteiger partial charge on any atom is 0.494 e. The Labute approximate surface area is 136 Å². The van der Waals surface area contributed by atoms with Crippen molar-refractivity contribution in [2.75, 3.05) is 14.2 Å². The third kappa shape index (κ3) is 4.02. The molecular weight excluding hydrogens is 279 g/mol. The van der Waals surface area contributed by atoms with Crippen LogP contribution in [0.2, 0.25) is 0 Å². The van der Waals surface area contributed by atoms with Crippen LogP contribution in [0.4, 0.5) is 0 Å². The largest absolute Gasteiger partial charge is 0.494 e. The summed E-state index contributed by atoms with van der Waals surface area (Å²) in [5.41, 5.74) is 1.25. The van der Waals surface area contributed by atoms with E-state index in [-0.39, 0.29) is 11.2 Å². The molecule has 1 heterocycles. The molecule has 0 radical (unpaired) electrons. The van der Waals surface area contributed by atoms with Gasteiger partial charge in [-0.3, -0.25) is 0 Å². The van der Waals surface area contributed by atoms with E-state index in [0.29, 0.717) is 0 Å². The van der Waals surface area contributed by atoms with Crippen LogP contribution in [0.1, 0.15) is 54.4 Å². The summed E-state index contributed by atoms with van der Waals surface area (Å²) in [7, 11) is 2.88. The summed E-state index contributed by atoms with van der Waals surface area (Å²) >= 11 is 0. The molecule has 0 N–H and O–H groups in total. The van der Waals surface area contributed by atoms with Gasteiger partial charge >= 0.3 is 7.12 Å². The molecule has 0 saturated carbocycles. The van der Waals surface area contributed by atoms with Crippen molar-refractivity contribution in [2.45, 2.75) is 71.9 Å². The Bertz CT molecular complexity index is 406. The van der Waals surface area contributed by atoms with Gasteiger partial charge in [-0.1, -0.05) is 26.0 Å². The number of hydrogen-bond donors (Lipinski definition) is 0. The van der Waals surface area contributed by atoms with E-state index in [1.54, 1.807) is 14.2 Å². The normalized spacial score (nSPS) is 21.8. The number of allylic oxidation sites excluding steroid dienone is 2. The van der Waals surface area contributed by atoms with Crippen molar-refractivity contribution in [3.8, 4) is 0 Å². The van der Waals surface area contributed by atoms with Crippen molar-refractivity contribution < 1.29 is 18.8 Å². The lowest BCUT2D eigenvalue weighted by Gasteiger charge is -2.32. The monoisotopic (exact) mass is 310 g/mol. The first-order valence-corrected chi connectivity index (χ1v) is 8.05. The lowest BCUT2D eigenvalue weighted by atomic mass is 9.72. The minimum Gasteiger partial charge on any atom is -0.399 e. The third-order valence-corrected chi connectivity index (χ3v) is 4.37. The van der Waals surface area contributed by atoms with Crippen molar-refractivity contribution in [1.82, 2.24) is 0 Å². The molecular formula is C17H31BO4. The minimum atomic E-state index is -0.420. The highest BCUT2D eigenvalue weighted by atomic mass is 16.7. The number of methoxy groups -OCH3 is 2. The molecule has 0 atom stereocenters. The quantitative estimate of drug-likeness (QED) is 0.406. The maximum atomic E-state index is 6.20. The summed E-state index contributed by atoms with van der Waals surface area (Å²) in [6.45, 7) is 12.4. The molecule has 0 aliphatic carbocycles. The van der Waals surface area contributed by atoms with Crippen LogP contribution in [0, 0.1) is 0 Å². The van der Waals surface area contributed by atoms with Crippen LogP contribution < -0.4 is 0 Å². The fourth-order valence-electron chi connectivity index (χ4n) is 2.46. The molecule has 0 amide bonds. The Balaban J connectivity index is 3.19.